The maximum absolute atomic E-state index is 11.4. The molecule has 8 nitrogen and oxygen atoms in total. The van der Waals surface area contributed by atoms with Crippen molar-refractivity contribution in [1.29, 1.82) is 0 Å². The van der Waals surface area contributed by atoms with E-state index in [1.54, 1.807) is 0 Å². The second-order valence-corrected chi connectivity index (χ2v) is 18.3. The molecule has 2 aliphatic heterocycles. The van der Waals surface area contributed by atoms with Crippen LogP contribution in [0.1, 0.15) is 64.5 Å². The third-order valence-electron chi connectivity index (χ3n) is 10.8. The van der Waals surface area contributed by atoms with E-state index in [1.165, 1.54) is 32.7 Å². The molecule has 4 aromatic rings. The van der Waals surface area contributed by atoms with Gasteiger partial charge in [-0.1, -0.05) is 125 Å². The van der Waals surface area contributed by atoms with Gasteiger partial charge in [-0.15, -0.1) is 0 Å². The smallest absolute Gasteiger partial charge is 0.264 e. The summed E-state index contributed by atoms with van der Waals surface area (Å²) in [5.74, 6) is -0.495. The molecule has 1 atom stereocenters. The number of hydrogen-bond donors (Lipinski definition) is 2. The van der Waals surface area contributed by atoms with Gasteiger partial charge in [0.15, 0.2) is 0 Å². The number of hydrogen-bond acceptors (Lipinski definition) is 6. The minimum atomic E-state index is -4.01. The van der Waals surface area contributed by atoms with Crippen molar-refractivity contribution in [1.82, 2.24) is 0 Å². The molecule has 2 radical (unpaired) electrons. The van der Waals surface area contributed by atoms with Crippen molar-refractivity contribution in [3.05, 3.63) is 132 Å². The molecule has 0 amide bonds. The number of nitrogens with zero attached hydrogens (tertiary/aromatic N) is 2. The van der Waals surface area contributed by atoms with Crippen molar-refractivity contribution in [3.63, 3.8) is 0 Å². The number of benzene rings is 4. The zero-order valence-electron chi connectivity index (χ0n) is 32.9. The standard InChI is InChI=1S/C43H50N2O6S2.2Na/c1-42(2)38(44(28-14-16-30-52(46,47)48)36-26-24-32-18-10-12-20-34(32)40(36)42)22-8-6-5-7-9-23-39-43(3,4)41-35-21-13-11-19-33(35)25-27-37(41)45(39)29-15-17-31-53(49,50)51;;/h5-13,18-27,38H,14-17,28-31H2,1-4H3,(H,46,47,48)(H,49,50,51);;. The second kappa shape index (κ2) is 18.6. The molecule has 282 valence electrons. The van der Waals surface area contributed by atoms with E-state index < -0.39 is 20.2 Å². The van der Waals surface area contributed by atoms with Gasteiger partial charge < -0.3 is 9.80 Å². The van der Waals surface area contributed by atoms with Crippen molar-refractivity contribution in [2.45, 2.75) is 70.3 Å². The Labute approximate surface area is 371 Å². The number of unbranched alkanes of at least 4 members (excludes halogenated alkanes) is 2. The van der Waals surface area contributed by atoms with E-state index in [4.69, 9.17) is 0 Å². The minimum absolute atomic E-state index is 0. The molecule has 2 aliphatic rings. The van der Waals surface area contributed by atoms with Gasteiger partial charge in [-0.25, -0.2) is 0 Å². The monoisotopic (exact) mass is 800 g/mol. The maximum atomic E-state index is 11.4. The van der Waals surface area contributed by atoms with Crippen LogP contribution in [-0.2, 0) is 31.1 Å². The van der Waals surface area contributed by atoms with Crippen LogP contribution in [0.15, 0.2) is 121 Å². The van der Waals surface area contributed by atoms with Crippen LogP contribution in [0.25, 0.3) is 21.5 Å². The van der Waals surface area contributed by atoms with Gasteiger partial charge in [0.25, 0.3) is 20.2 Å². The molecule has 2 N–H and O–H groups in total. The van der Waals surface area contributed by atoms with Crippen LogP contribution in [-0.4, -0.2) is 116 Å². The molecule has 4 aromatic carbocycles. The molecule has 6 rings (SSSR count). The van der Waals surface area contributed by atoms with Crippen molar-refractivity contribution in [3.8, 4) is 0 Å². The zero-order valence-corrected chi connectivity index (χ0v) is 38.6. The van der Waals surface area contributed by atoms with Crippen molar-refractivity contribution in [2.75, 3.05) is 34.4 Å². The molecular weight excluding hydrogens is 751 g/mol. The molecule has 55 heavy (non-hydrogen) atoms. The summed E-state index contributed by atoms with van der Waals surface area (Å²) < 4.78 is 64.1. The average Bonchev–Trinajstić information content (AvgIpc) is 3.45. The van der Waals surface area contributed by atoms with E-state index in [9.17, 15) is 25.9 Å². The normalized spacial score (nSPS) is 18.4. The fraction of sp³-hybridized carbons (Fsp3) is 0.349. The predicted molar refractivity (Wildman–Crippen MR) is 231 cm³/mol. The van der Waals surface area contributed by atoms with E-state index in [0.29, 0.717) is 38.8 Å². The quantitative estimate of drug-likeness (QED) is 0.0566. The van der Waals surface area contributed by atoms with Gasteiger partial charge in [0.1, 0.15) is 0 Å². The number of rotatable bonds is 14. The Morgan fingerprint density at radius 3 is 1.73 bits per heavy atom. The largest absolute Gasteiger partial charge is 0.364 e. The van der Waals surface area contributed by atoms with Crippen LogP contribution in [0, 0.1) is 0 Å². The first-order valence-electron chi connectivity index (χ1n) is 18.3. The topological polar surface area (TPSA) is 115 Å². The van der Waals surface area contributed by atoms with E-state index in [0.717, 1.165) is 17.1 Å². The Balaban J connectivity index is 0.00000336. The fourth-order valence-electron chi connectivity index (χ4n) is 8.37. The summed E-state index contributed by atoms with van der Waals surface area (Å²) in [6, 6.07) is 25.5. The third kappa shape index (κ3) is 10.3. The van der Waals surface area contributed by atoms with Gasteiger partial charge in [-0.3, -0.25) is 9.11 Å². The van der Waals surface area contributed by atoms with Gasteiger partial charge in [0.05, 0.1) is 17.5 Å². The number of allylic oxidation sites excluding steroid dienone is 7. The first kappa shape index (κ1) is 45.5. The SMILES string of the molecule is CC1(C)C(=CC=CC=CC=CC2N(CCCCS(=O)(=O)O)c3ccc4ccccc4c3C2(C)C)N(CCCCS(=O)(=O)O)c2ccc3ccccc3c21.[Na].[Na]. The Morgan fingerprint density at radius 2 is 1.13 bits per heavy atom. The van der Waals surface area contributed by atoms with Crippen LogP contribution in [0.5, 0.6) is 0 Å². The number of fused-ring (bicyclic) bond motifs is 6. The van der Waals surface area contributed by atoms with Crippen molar-refractivity contribution >= 4 is 112 Å². The summed E-state index contributed by atoms with van der Waals surface area (Å²) >= 11 is 0. The second-order valence-electron chi connectivity index (χ2n) is 15.2. The number of anilines is 2. The molecule has 1 unspecified atom stereocenters. The molecule has 0 spiro atoms. The van der Waals surface area contributed by atoms with E-state index in [1.807, 2.05) is 30.4 Å². The summed E-state index contributed by atoms with van der Waals surface area (Å²) in [5, 5.41) is 4.79. The molecule has 0 aromatic heterocycles. The van der Waals surface area contributed by atoms with Crippen LogP contribution >= 0.6 is 0 Å². The summed E-state index contributed by atoms with van der Waals surface area (Å²) in [6.45, 7) is 10.3. The summed E-state index contributed by atoms with van der Waals surface area (Å²) in [7, 11) is -8.01. The predicted octanol–water partition coefficient (Wildman–Crippen LogP) is 8.38. The minimum Gasteiger partial charge on any atom is -0.364 e. The van der Waals surface area contributed by atoms with Crippen molar-refractivity contribution < 1.29 is 25.9 Å². The Kier molecular flexibility index (Phi) is 15.4. The van der Waals surface area contributed by atoms with Crippen molar-refractivity contribution in [2.24, 2.45) is 0 Å². The maximum Gasteiger partial charge on any atom is 0.264 e. The first-order chi connectivity index (χ1) is 25.1. The molecule has 12 heteroatoms. The molecule has 0 saturated carbocycles. The average molecular weight is 801 g/mol. The van der Waals surface area contributed by atoms with E-state index in [-0.39, 0.29) is 87.5 Å². The fourth-order valence-corrected chi connectivity index (χ4v) is 9.51. The van der Waals surface area contributed by atoms with E-state index >= 15 is 0 Å². The molecule has 2 heterocycles. The summed E-state index contributed by atoms with van der Waals surface area (Å²) in [6.07, 6.45) is 16.5. The molecular formula is C43H50N2Na2O6S2. The van der Waals surface area contributed by atoms with Crippen LogP contribution in [0.3, 0.4) is 0 Å². The molecule has 0 saturated heterocycles. The zero-order chi connectivity index (χ0) is 38.0. The Bertz CT molecular complexity index is 2350. The van der Waals surface area contributed by atoms with Crippen LogP contribution < -0.4 is 9.80 Å². The third-order valence-corrected chi connectivity index (χ3v) is 12.4. The van der Waals surface area contributed by atoms with Crippen LogP contribution in [0.4, 0.5) is 11.4 Å². The molecule has 0 aliphatic carbocycles. The Hall–Kier alpha value is -2.22. The van der Waals surface area contributed by atoms with Gasteiger partial charge in [-0.2, -0.15) is 16.8 Å². The molecule has 0 bridgehead atoms. The van der Waals surface area contributed by atoms with Gasteiger partial charge in [0, 0.05) is 100 Å². The van der Waals surface area contributed by atoms with Crippen LogP contribution in [0.2, 0.25) is 0 Å². The molecule has 0 fully saturated rings. The van der Waals surface area contributed by atoms with Gasteiger partial charge >= 0.3 is 0 Å². The summed E-state index contributed by atoms with van der Waals surface area (Å²) in [5.41, 5.74) is 5.41. The van der Waals surface area contributed by atoms with E-state index in [2.05, 4.69) is 122 Å². The first-order valence-corrected chi connectivity index (χ1v) is 21.5. The Morgan fingerprint density at radius 1 is 0.618 bits per heavy atom. The summed E-state index contributed by atoms with van der Waals surface area (Å²) in [4.78, 5) is 4.65. The van der Waals surface area contributed by atoms with Gasteiger partial charge in [-0.05, 0) is 76.6 Å². The van der Waals surface area contributed by atoms with Gasteiger partial charge in [0.2, 0.25) is 0 Å².